The van der Waals surface area contributed by atoms with Crippen molar-refractivity contribution in [3.8, 4) is 5.75 Å². The highest BCUT2D eigenvalue weighted by Crippen LogP contribution is 2.24. The third kappa shape index (κ3) is 7.76. The van der Waals surface area contributed by atoms with Gasteiger partial charge >= 0.3 is 6.18 Å². The van der Waals surface area contributed by atoms with Crippen LogP contribution in [0.2, 0.25) is 0 Å². The monoisotopic (exact) mass is 445 g/mol. The summed E-state index contributed by atoms with van der Waals surface area (Å²) in [6, 6.07) is 5.17. The SMILES string of the molecule is Cc1ccc(CN=C(N(C)C)N(C)C)c(OCC(F)(F)F)c1.I. The second-order valence-corrected chi connectivity index (χ2v) is 5.42. The van der Waals surface area contributed by atoms with Crippen molar-refractivity contribution >= 4 is 29.9 Å². The summed E-state index contributed by atoms with van der Waals surface area (Å²) in [7, 11) is 7.42. The Balaban J connectivity index is 0.00000484. The van der Waals surface area contributed by atoms with Crippen molar-refractivity contribution in [3.63, 3.8) is 0 Å². The third-order valence-electron chi connectivity index (χ3n) is 2.80. The molecule has 0 heterocycles. The van der Waals surface area contributed by atoms with Gasteiger partial charge in [0.05, 0.1) is 6.54 Å². The first-order valence-electron chi connectivity index (χ1n) is 6.78. The predicted molar refractivity (Wildman–Crippen MR) is 96.7 cm³/mol. The summed E-state index contributed by atoms with van der Waals surface area (Å²) in [6.07, 6.45) is -4.36. The Morgan fingerprint density at radius 1 is 1.13 bits per heavy atom. The minimum absolute atomic E-state index is 0. The summed E-state index contributed by atoms with van der Waals surface area (Å²) >= 11 is 0. The molecule has 0 radical (unpaired) electrons. The maximum absolute atomic E-state index is 12.3. The van der Waals surface area contributed by atoms with Crippen molar-refractivity contribution in [1.82, 2.24) is 9.80 Å². The summed E-state index contributed by atoms with van der Waals surface area (Å²) in [6.45, 7) is 0.749. The quantitative estimate of drug-likeness (QED) is 0.404. The van der Waals surface area contributed by atoms with Crippen LogP contribution in [0.3, 0.4) is 0 Å². The molecule has 0 aliphatic rings. The fourth-order valence-electron chi connectivity index (χ4n) is 1.93. The Morgan fingerprint density at radius 2 is 1.70 bits per heavy atom. The molecule has 0 amide bonds. The maximum atomic E-state index is 12.3. The van der Waals surface area contributed by atoms with E-state index >= 15 is 0 Å². The Bertz CT molecular complexity index is 521. The van der Waals surface area contributed by atoms with Crippen LogP contribution in [0.15, 0.2) is 23.2 Å². The largest absolute Gasteiger partial charge is 0.484 e. The summed E-state index contributed by atoms with van der Waals surface area (Å²) in [5, 5.41) is 0. The number of rotatable bonds is 4. The number of hydrogen-bond acceptors (Lipinski definition) is 2. The zero-order valence-corrected chi connectivity index (χ0v) is 16.3. The van der Waals surface area contributed by atoms with E-state index < -0.39 is 12.8 Å². The van der Waals surface area contributed by atoms with E-state index in [1.54, 1.807) is 19.1 Å². The number of aliphatic imine (C=N–C) groups is 1. The molecular formula is C15H23F3IN3O. The summed E-state index contributed by atoms with van der Waals surface area (Å²) < 4.78 is 41.9. The minimum atomic E-state index is -4.36. The summed E-state index contributed by atoms with van der Waals surface area (Å²) in [5.41, 5.74) is 1.46. The summed E-state index contributed by atoms with van der Waals surface area (Å²) in [4.78, 5) is 8.11. The number of benzene rings is 1. The Kier molecular flexibility index (Phi) is 8.71. The molecular weight excluding hydrogens is 422 g/mol. The average molecular weight is 445 g/mol. The van der Waals surface area contributed by atoms with E-state index in [0.29, 0.717) is 5.56 Å². The van der Waals surface area contributed by atoms with Crippen molar-refractivity contribution in [3.05, 3.63) is 29.3 Å². The molecule has 1 aromatic rings. The standard InChI is InChI=1S/C15H22F3N3O.HI/c1-11-6-7-12(9-19-14(20(2)3)21(4)5)13(8-11)22-10-15(16,17)18;/h6-8H,9-10H2,1-5H3;1H. The number of ether oxygens (including phenoxy) is 1. The van der Waals surface area contributed by atoms with Gasteiger partial charge in [0.25, 0.3) is 0 Å². The van der Waals surface area contributed by atoms with Gasteiger partial charge in [-0.3, -0.25) is 0 Å². The lowest BCUT2D eigenvalue weighted by Gasteiger charge is -2.23. The zero-order chi connectivity index (χ0) is 16.9. The second-order valence-electron chi connectivity index (χ2n) is 5.42. The van der Waals surface area contributed by atoms with Gasteiger partial charge in [-0.25, -0.2) is 4.99 Å². The highest BCUT2D eigenvalue weighted by atomic mass is 127. The van der Waals surface area contributed by atoms with E-state index in [1.807, 2.05) is 44.1 Å². The number of guanidine groups is 1. The molecule has 8 heteroatoms. The predicted octanol–water partition coefficient (Wildman–Crippen LogP) is 3.53. The lowest BCUT2D eigenvalue weighted by Crippen LogP contribution is -2.35. The van der Waals surface area contributed by atoms with Crippen molar-refractivity contribution in [2.24, 2.45) is 4.99 Å². The van der Waals surface area contributed by atoms with Crippen molar-refractivity contribution in [2.45, 2.75) is 19.6 Å². The van der Waals surface area contributed by atoms with E-state index in [9.17, 15) is 13.2 Å². The minimum Gasteiger partial charge on any atom is -0.484 e. The van der Waals surface area contributed by atoms with Crippen LogP contribution in [0.5, 0.6) is 5.75 Å². The van der Waals surface area contributed by atoms with Crippen molar-refractivity contribution < 1.29 is 17.9 Å². The first kappa shape index (κ1) is 21.8. The van der Waals surface area contributed by atoms with Gasteiger partial charge in [-0.15, -0.1) is 24.0 Å². The first-order valence-corrected chi connectivity index (χ1v) is 6.78. The lowest BCUT2D eigenvalue weighted by molar-refractivity contribution is -0.153. The fourth-order valence-corrected chi connectivity index (χ4v) is 1.93. The second kappa shape index (κ2) is 9.19. The molecule has 0 bridgehead atoms. The van der Waals surface area contributed by atoms with Gasteiger partial charge in [0.15, 0.2) is 12.6 Å². The molecule has 0 atom stereocenters. The van der Waals surface area contributed by atoms with Crippen molar-refractivity contribution in [1.29, 1.82) is 0 Å². The Labute approximate surface area is 152 Å². The Morgan fingerprint density at radius 3 is 2.17 bits per heavy atom. The number of aryl methyl sites for hydroxylation is 1. The smallest absolute Gasteiger partial charge is 0.422 e. The van der Waals surface area contributed by atoms with Crippen LogP contribution in [0.25, 0.3) is 0 Å². The van der Waals surface area contributed by atoms with Gasteiger partial charge in [0.1, 0.15) is 5.75 Å². The molecule has 0 saturated carbocycles. The third-order valence-corrected chi connectivity index (χ3v) is 2.80. The number of halogens is 4. The molecule has 132 valence electrons. The fraction of sp³-hybridized carbons (Fsp3) is 0.533. The van der Waals surface area contributed by atoms with Gasteiger partial charge in [-0.2, -0.15) is 13.2 Å². The molecule has 0 saturated heterocycles. The maximum Gasteiger partial charge on any atom is 0.422 e. The molecule has 0 unspecified atom stereocenters. The van der Waals surface area contributed by atoms with E-state index in [4.69, 9.17) is 4.74 Å². The zero-order valence-electron chi connectivity index (χ0n) is 13.9. The van der Waals surface area contributed by atoms with E-state index in [0.717, 1.165) is 11.5 Å². The van der Waals surface area contributed by atoms with Gasteiger partial charge in [-0.05, 0) is 18.6 Å². The number of hydrogen-bond donors (Lipinski definition) is 0. The van der Waals surface area contributed by atoms with Crippen LogP contribution in [0.4, 0.5) is 13.2 Å². The molecule has 0 aliphatic heterocycles. The molecule has 0 fully saturated rings. The molecule has 1 aromatic carbocycles. The number of alkyl halides is 3. The number of nitrogens with zero attached hydrogens (tertiary/aromatic N) is 3. The van der Waals surface area contributed by atoms with E-state index in [-0.39, 0.29) is 36.3 Å². The lowest BCUT2D eigenvalue weighted by atomic mass is 10.1. The summed E-state index contributed by atoms with van der Waals surface area (Å²) in [5.74, 6) is 0.945. The highest BCUT2D eigenvalue weighted by Gasteiger charge is 2.28. The van der Waals surface area contributed by atoms with Crippen LogP contribution in [-0.2, 0) is 6.54 Å². The van der Waals surface area contributed by atoms with E-state index in [1.165, 1.54) is 0 Å². The average Bonchev–Trinajstić information content (AvgIpc) is 2.36. The first-order chi connectivity index (χ1) is 10.1. The Hall–Kier alpha value is -1.19. The highest BCUT2D eigenvalue weighted by molar-refractivity contribution is 14.0. The van der Waals surface area contributed by atoms with E-state index in [2.05, 4.69) is 4.99 Å². The van der Waals surface area contributed by atoms with Crippen LogP contribution in [0.1, 0.15) is 11.1 Å². The molecule has 0 aromatic heterocycles. The van der Waals surface area contributed by atoms with Gasteiger partial charge in [-0.1, -0.05) is 12.1 Å². The van der Waals surface area contributed by atoms with Crippen LogP contribution < -0.4 is 4.74 Å². The van der Waals surface area contributed by atoms with Gasteiger partial charge in [0.2, 0.25) is 0 Å². The molecule has 23 heavy (non-hydrogen) atoms. The van der Waals surface area contributed by atoms with Crippen LogP contribution in [-0.4, -0.2) is 56.7 Å². The van der Waals surface area contributed by atoms with Crippen molar-refractivity contribution in [2.75, 3.05) is 34.8 Å². The van der Waals surface area contributed by atoms with Gasteiger partial charge < -0.3 is 14.5 Å². The van der Waals surface area contributed by atoms with Crippen LogP contribution >= 0.6 is 24.0 Å². The molecule has 1 rings (SSSR count). The molecule has 4 nitrogen and oxygen atoms in total. The van der Waals surface area contributed by atoms with Crippen LogP contribution in [0, 0.1) is 6.92 Å². The molecule has 0 N–H and O–H groups in total. The van der Waals surface area contributed by atoms with Gasteiger partial charge in [0, 0.05) is 33.8 Å². The normalized spacial score (nSPS) is 10.6. The molecule has 0 spiro atoms. The molecule has 0 aliphatic carbocycles. The topological polar surface area (TPSA) is 28.1 Å².